The molecule has 0 N–H and O–H groups in total. The molecule has 0 saturated heterocycles. The first-order valence-electron chi connectivity index (χ1n) is 6.38. The Kier molecular flexibility index (Phi) is 5.88. The number of amides is 1. The Hall–Kier alpha value is -0.360. The van der Waals surface area contributed by atoms with E-state index >= 15 is 0 Å². The third kappa shape index (κ3) is 4.31. The quantitative estimate of drug-likeness (QED) is 0.560. The third-order valence-electron chi connectivity index (χ3n) is 2.98. The summed E-state index contributed by atoms with van der Waals surface area (Å²) in [7, 11) is 0. The highest BCUT2D eigenvalue weighted by Gasteiger charge is 2.21. The van der Waals surface area contributed by atoms with Crippen LogP contribution in [0.1, 0.15) is 29.1 Å². The van der Waals surface area contributed by atoms with Gasteiger partial charge in [0.15, 0.2) is 0 Å². The van der Waals surface area contributed by atoms with Gasteiger partial charge in [-0.25, -0.2) is 0 Å². The topological polar surface area (TPSA) is 20.3 Å². The van der Waals surface area contributed by atoms with Crippen molar-refractivity contribution in [2.45, 2.75) is 26.4 Å². The predicted octanol–water partition coefficient (Wildman–Crippen LogP) is 5.98. The maximum absolute atomic E-state index is 12.7. The van der Waals surface area contributed by atoms with Gasteiger partial charge in [0.1, 0.15) is 0 Å². The highest BCUT2D eigenvalue weighted by molar-refractivity contribution is 9.13. The van der Waals surface area contributed by atoms with Crippen LogP contribution in [0, 0.1) is 0 Å². The molecule has 1 heterocycles. The lowest BCUT2D eigenvalue weighted by Gasteiger charge is -2.26. The number of hydrogen-bond donors (Lipinski definition) is 0. The van der Waals surface area contributed by atoms with Crippen LogP contribution < -0.4 is 0 Å². The van der Waals surface area contributed by atoms with Gasteiger partial charge in [-0.05, 0) is 69.5 Å². The molecule has 0 spiro atoms. The first-order valence-corrected chi connectivity index (χ1v) is 9.16. The van der Waals surface area contributed by atoms with Crippen molar-refractivity contribution in [1.29, 1.82) is 0 Å². The van der Waals surface area contributed by atoms with Gasteiger partial charge >= 0.3 is 0 Å². The van der Waals surface area contributed by atoms with E-state index in [1.54, 1.807) is 0 Å². The molecule has 0 unspecified atom stereocenters. The molecule has 6 heteroatoms. The zero-order chi connectivity index (χ0) is 15.6. The molecule has 2 aromatic rings. The Bertz CT molecular complexity index is 637. The highest BCUT2D eigenvalue weighted by Crippen LogP contribution is 2.33. The molecule has 0 aliphatic heterocycles. The van der Waals surface area contributed by atoms with Gasteiger partial charge in [0, 0.05) is 22.1 Å². The molecular weight excluding hydrogens is 437 g/mol. The van der Waals surface area contributed by atoms with E-state index in [4.69, 9.17) is 11.6 Å². The van der Waals surface area contributed by atoms with E-state index in [9.17, 15) is 4.79 Å². The Morgan fingerprint density at radius 1 is 1.33 bits per heavy atom. The lowest BCUT2D eigenvalue weighted by molar-refractivity contribution is 0.0695. The molecule has 0 fully saturated rings. The summed E-state index contributed by atoms with van der Waals surface area (Å²) in [4.78, 5) is 15.3. The number of thiophene rings is 1. The van der Waals surface area contributed by atoms with E-state index in [-0.39, 0.29) is 11.9 Å². The zero-order valence-electron chi connectivity index (χ0n) is 11.6. The van der Waals surface area contributed by atoms with E-state index in [1.807, 2.05) is 49.1 Å². The predicted molar refractivity (Wildman–Crippen MR) is 96.2 cm³/mol. The van der Waals surface area contributed by atoms with Crippen LogP contribution in [0.4, 0.5) is 0 Å². The minimum atomic E-state index is 0.0291. The standard InChI is InChI=1S/C15H14Br2ClNOS/c1-9(2)19(8-10-4-3-5-11(18)6-10)15(20)13-7-12(16)14(17)21-13/h3-7,9H,8H2,1-2H3. The number of benzene rings is 1. The van der Waals surface area contributed by atoms with Crippen molar-refractivity contribution in [3.8, 4) is 0 Å². The first-order chi connectivity index (χ1) is 9.88. The number of halogens is 3. The van der Waals surface area contributed by atoms with Gasteiger partial charge in [-0.2, -0.15) is 0 Å². The average molecular weight is 452 g/mol. The van der Waals surface area contributed by atoms with E-state index in [0.717, 1.165) is 13.8 Å². The van der Waals surface area contributed by atoms with Crippen LogP contribution >= 0.6 is 54.8 Å². The van der Waals surface area contributed by atoms with Gasteiger partial charge in [-0.3, -0.25) is 4.79 Å². The SMILES string of the molecule is CC(C)N(Cc1cccc(Cl)c1)C(=O)c1cc(Br)c(Br)s1. The Morgan fingerprint density at radius 2 is 2.05 bits per heavy atom. The molecule has 2 rings (SSSR count). The van der Waals surface area contributed by atoms with Crippen LogP contribution in [0.3, 0.4) is 0 Å². The van der Waals surface area contributed by atoms with Crippen molar-refractivity contribution in [1.82, 2.24) is 4.90 Å². The molecule has 0 aliphatic carbocycles. The van der Waals surface area contributed by atoms with Gasteiger partial charge in [-0.15, -0.1) is 11.3 Å². The lowest BCUT2D eigenvalue weighted by Crippen LogP contribution is -2.35. The van der Waals surface area contributed by atoms with Crippen molar-refractivity contribution < 1.29 is 4.79 Å². The third-order valence-corrected chi connectivity index (χ3v) is 6.46. The van der Waals surface area contributed by atoms with Crippen LogP contribution in [0.25, 0.3) is 0 Å². The summed E-state index contributed by atoms with van der Waals surface area (Å²) in [5.74, 6) is 0.0291. The Labute approximate surface area is 150 Å². The smallest absolute Gasteiger partial charge is 0.264 e. The van der Waals surface area contributed by atoms with Crippen LogP contribution in [0.5, 0.6) is 0 Å². The highest BCUT2D eigenvalue weighted by atomic mass is 79.9. The van der Waals surface area contributed by atoms with Gasteiger partial charge in [0.05, 0.1) is 8.66 Å². The molecule has 2 nitrogen and oxygen atoms in total. The van der Waals surface area contributed by atoms with E-state index in [0.29, 0.717) is 16.4 Å². The molecule has 0 radical (unpaired) electrons. The number of hydrogen-bond acceptors (Lipinski definition) is 2. The average Bonchev–Trinajstić information content (AvgIpc) is 2.75. The molecule has 0 aliphatic rings. The maximum atomic E-state index is 12.7. The molecule has 0 saturated carbocycles. The Balaban J connectivity index is 2.24. The fourth-order valence-electron chi connectivity index (χ4n) is 1.91. The lowest BCUT2D eigenvalue weighted by atomic mass is 10.2. The molecule has 1 aromatic carbocycles. The van der Waals surface area contributed by atoms with E-state index < -0.39 is 0 Å². The summed E-state index contributed by atoms with van der Waals surface area (Å²) >= 11 is 14.3. The zero-order valence-corrected chi connectivity index (χ0v) is 16.3. The monoisotopic (exact) mass is 449 g/mol. The van der Waals surface area contributed by atoms with Crippen molar-refractivity contribution in [3.63, 3.8) is 0 Å². The van der Waals surface area contributed by atoms with Crippen LogP contribution in [-0.2, 0) is 6.54 Å². The number of nitrogens with zero attached hydrogens (tertiary/aromatic N) is 1. The normalized spacial score (nSPS) is 11.0. The minimum Gasteiger partial charge on any atom is -0.331 e. The first kappa shape index (κ1) is 17.0. The summed E-state index contributed by atoms with van der Waals surface area (Å²) in [6.07, 6.45) is 0. The van der Waals surface area contributed by atoms with Crippen LogP contribution in [-0.4, -0.2) is 16.8 Å². The van der Waals surface area contributed by atoms with E-state index in [1.165, 1.54) is 11.3 Å². The molecule has 0 atom stereocenters. The summed E-state index contributed by atoms with van der Waals surface area (Å²) in [5.41, 5.74) is 1.03. The minimum absolute atomic E-state index is 0.0291. The Morgan fingerprint density at radius 3 is 2.57 bits per heavy atom. The largest absolute Gasteiger partial charge is 0.331 e. The van der Waals surface area contributed by atoms with Gasteiger partial charge < -0.3 is 4.90 Å². The van der Waals surface area contributed by atoms with Crippen molar-refractivity contribution in [2.75, 3.05) is 0 Å². The van der Waals surface area contributed by atoms with Gasteiger partial charge in [0.2, 0.25) is 0 Å². The summed E-state index contributed by atoms with van der Waals surface area (Å²) in [6.45, 7) is 4.57. The fourth-order valence-corrected chi connectivity index (χ4v) is 4.12. The second kappa shape index (κ2) is 7.27. The van der Waals surface area contributed by atoms with Crippen LogP contribution in [0.2, 0.25) is 5.02 Å². The molecule has 21 heavy (non-hydrogen) atoms. The van der Waals surface area contributed by atoms with Crippen molar-refractivity contribution >= 4 is 60.7 Å². The summed E-state index contributed by atoms with van der Waals surface area (Å²) in [6, 6.07) is 9.57. The van der Waals surface area contributed by atoms with E-state index in [2.05, 4.69) is 31.9 Å². The van der Waals surface area contributed by atoms with Gasteiger partial charge in [0.25, 0.3) is 5.91 Å². The number of carbonyl (C=O) groups excluding carboxylic acids is 1. The molecule has 1 amide bonds. The van der Waals surface area contributed by atoms with Gasteiger partial charge in [-0.1, -0.05) is 23.7 Å². The molecule has 1 aromatic heterocycles. The van der Waals surface area contributed by atoms with Crippen molar-refractivity contribution in [3.05, 3.63) is 54.1 Å². The molecule has 112 valence electrons. The summed E-state index contributed by atoms with van der Waals surface area (Å²) < 4.78 is 1.83. The second-order valence-corrected chi connectivity index (χ2v) is 8.55. The fraction of sp³-hybridized carbons (Fsp3) is 0.267. The second-order valence-electron chi connectivity index (χ2n) is 4.89. The number of carbonyl (C=O) groups is 1. The maximum Gasteiger partial charge on any atom is 0.264 e. The molecule has 0 bridgehead atoms. The van der Waals surface area contributed by atoms with Crippen LogP contribution in [0.15, 0.2) is 38.6 Å². The number of rotatable bonds is 4. The summed E-state index contributed by atoms with van der Waals surface area (Å²) in [5, 5.41) is 0.685. The van der Waals surface area contributed by atoms with Crippen molar-refractivity contribution in [2.24, 2.45) is 0 Å². The molecular formula is C15H14Br2ClNOS.